The number of hydrogen-bond donors (Lipinski definition) is 1. The molecule has 0 bridgehead atoms. The summed E-state index contributed by atoms with van der Waals surface area (Å²) >= 11 is 0. The largest absolute Gasteiger partial charge is 0.483 e. The van der Waals surface area contributed by atoms with Crippen molar-refractivity contribution in [3.63, 3.8) is 0 Å². The summed E-state index contributed by atoms with van der Waals surface area (Å²) in [6.45, 7) is 1.62. The third-order valence-electron chi connectivity index (χ3n) is 2.22. The molecule has 0 saturated carbocycles. The highest BCUT2D eigenvalue weighted by atomic mass is 16.5. The van der Waals surface area contributed by atoms with Gasteiger partial charge in [0.25, 0.3) is 5.91 Å². The molecule has 17 heavy (non-hydrogen) atoms. The van der Waals surface area contributed by atoms with Gasteiger partial charge >= 0.3 is 5.97 Å². The molecule has 5 nitrogen and oxygen atoms in total. The number of rotatable bonds is 4. The fourth-order valence-corrected chi connectivity index (χ4v) is 1.21. The minimum atomic E-state index is -1.07. The molecule has 1 aromatic rings. The molecule has 0 saturated heterocycles. The Morgan fingerprint density at radius 2 is 2.00 bits per heavy atom. The van der Waals surface area contributed by atoms with E-state index in [1.54, 1.807) is 33.2 Å². The Balaban J connectivity index is 2.84. The van der Waals surface area contributed by atoms with E-state index in [0.29, 0.717) is 0 Å². The predicted octanol–water partition coefficient (Wildman–Crippen LogP) is 1.16. The zero-order valence-corrected chi connectivity index (χ0v) is 10.1. The van der Waals surface area contributed by atoms with Crippen molar-refractivity contribution in [3.05, 3.63) is 29.3 Å². The summed E-state index contributed by atoms with van der Waals surface area (Å²) in [6.07, 6.45) is 0. The number of benzene rings is 1. The monoisotopic (exact) mass is 237 g/mol. The Labute approximate surface area is 99.6 Å². The molecule has 1 N–H and O–H groups in total. The Bertz CT molecular complexity index is 440. The minimum Gasteiger partial charge on any atom is -0.483 e. The third kappa shape index (κ3) is 3.48. The lowest BCUT2D eigenvalue weighted by Crippen LogP contribution is -2.27. The van der Waals surface area contributed by atoms with Gasteiger partial charge < -0.3 is 14.7 Å². The van der Waals surface area contributed by atoms with Gasteiger partial charge in [0, 0.05) is 14.1 Å². The highest BCUT2D eigenvalue weighted by Gasteiger charge is 2.13. The molecule has 0 radical (unpaired) electrons. The van der Waals surface area contributed by atoms with Crippen molar-refractivity contribution in [1.82, 2.24) is 4.90 Å². The van der Waals surface area contributed by atoms with Gasteiger partial charge in [-0.15, -0.1) is 0 Å². The number of carboxylic acids is 1. The zero-order chi connectivity index (χ0) is 13.0. The minimum absolute atomic E-state index is 0.0663. The Kier molecular flexibility index (Phi) is 4.09. The van der Waals surface area contributed by atoms with Gasteiger partial charge in [-0.25, -0.2) is 4.79 Å². The van der Waals surface area contributed by atoms with Crippen LogP contribution >= 0.6 is 0 Å². The van der Waals surface area contributed by atoms with Crippen LogP contribution in [0.25, 0.3) is 0 Å². The van der Waals surface area contributed by atoms with E-state index in [2.05, 4.69) is 0 Å². The van der Waals surface area contributed by atoms with E-state index in [1.807, 2.05) is 0 Å². The summed E-state index contributed by atoms with van der Waals surface area (Å²) < 4.78 is 5.20. The maximum absolute atomic E-state index is 11.3. The lowest BCUT2D eigenvalue weighted by Gasteiger charge is -2.13. The average molecular weight is 237 g/mol. The first-order chi connectivity index (χ1) is 7.91. The number of carbonyl (C=O) groups is 2. The van der Waals surface area contributed by atoms with Gasteiger partial charge in [-0.2, -0.15) is 0 Å². The van der Waals surface area contributed by atoms with Crippen LogP contribution in [0.2, 0.25) is 0 Å². The molecule has 0 atom stereocenters. The number of carboxylic acid groups (broad SMARTS) is 1. The highest BCUT2D eigenvalue weighted by Crippen LogP contribution is 2.20. The Morgan fingerprint density at radius 3 is 2.53 bits per heavy atom. The van der Waals surface area contributed by atoms with Crippen LogP contribution < -0.4 is 4.74 Å². The van der Waals surface area contributed by atoms with Gasteiger partial charge in [0.1, 0.15) is 11.3 Å². The molecule has 0 heterocycles. The summed E-state index contributed by atoms with van der Waals surface area (Å²) in [5, 5.41) is 8.99. The first kappa shape index (κ1) is 13.0. The van der Waals surface area contributed by atoms with Gasteiger partial charge in [0.05, 0.1) is 0 Å². The molecular weight excluding hydrogens is 222 g/mol. The van der Waals surface area contributed by atoms with Gasteiger partial charge in [0.2, 0.25) is 0 Å². The van der Waals surface area contributed by atoms with Gasteiger partial charge in [-0.05, 0) is 19.1 Å². The quantitative estimate of drug-likeness (QED) is 0.853. The molecule has 0 aliphatic carbocycles. The Hall–Kier alpha value is -2.04. The first-order valence-corrected chi connectivity index (χ1v) is 5.08. The van der Waals surface area contributed by atoms with Crippen LogP contribution in [0.3, 0.4) is 0 Å². The summed E-state index contributed by atoms with van der Waals surface area (Å²) in [7, 11) is 3.22. The number of nitrogens with zero attached hydrogens (tertiary/aromatic N) is 1. The molecule has 0 aliphatic heterocycles. The van der Waals surface area contributed by atoms with E-state index >= 15 is 0 Å². The lowest BCUT2D eigenvalue weighted by atomic mass is 10.1. The fourth-order valence-electron chi connectivity index (χ4n) is 1.21. The van der Waals surface area contributed by atoms with Crippen LogP contribution in [0.1, 0.15) is 15.9 Å². The van der Waals surface area contributed by atoms with Crippen molar-refractivity contribution in [3.8, 4) is 5.75 Å². The normalized spacial score (nSPS) is 9.82. The number of likely N-dealkylation sites (N-methyl/N-ethyl adjacent to an activating group) is 1. The molecule has 0 aliphatic rings. The fraction of sp³-hybridized carbons (Fsp3) is 0.333. The molecular formula is C12H15NO4. The van der Waals surface area contributed by atoms with Crippen molar-refractivity contribution in [2.45, 2.75) is 6.92 Å². The molecule has 1 aromatic carbocycles. The van der Waals surface area contributed by atoms with Gasteiger partial charge in [-0.3, -0.25) is 4.79 Å². The maximum atomic E-state index is 11.3. The van der Waals surface area contributed by atoms with E-state index in [9.17, 15) is 9.59 Å². The highest BCUT2D eigenvalue weighted by molar-refractivity contribution is 5.91. The molecule has 0 fully saturated rings. The molecule has 0 aromatic heterocycles. The molecule has 0 spiro atoms. The second kappa shape index (κ2) is 5.34. The average Bonchev–Trinajstić information content (AvgIpc) is 2.26. The van der Waals surface area contributed by atoms with Crippen molar-refractivity contribution in [1.29, 1.82) is 0 Å². The number of amides is 1. The summed E-state index contributed by atoms with van der Waals surface area (Å²) in [5.74, 6) is -1.08. The molecule has 1 amide bonds. The molecule has 1 rings (SSSR count). The smallest absolute Gasteiger partial charge is 0.339 e. The number of hydrogen-bond acceptors (Lipinski definition) is 3. The first-order valence-electron chi connectivity index (χ1n) is 5.08. The molecule has 92 valence electrons. The van der Waals surface area contributed by atoms with Crippen molar-refractivity contribution < 1.29 is 19.4 Å². The topological polar surface area (TPSA) is 66.8 Å². The van der Waals surface area contributed by atoms with Crippen LogP contribution in [-0.2, 0) is 4.79 Å². The van der Waals surface area contributed by atoms with Crippen LogP contribution in [0.5, 0.6) is 5.75 Å². The van der Waals surface area contributed by atoms with Gasteiger partial charge in [0.15, 0.2) is 6.61 Å². The van der Waals surface area contributed by atoms with E-state index in [-0.39, 0.29) is 23.8 Å². The van der Waals surface area contributed by atoms with Crippen LogP contribution in [0.4, 0.5) is 0 Å². The Morgan fingerprint density at radius 1 is 1.35 bits per heavy atom. The zero-order valence-electron chi connectivity index (χ0n) is 10.1. The number of aryl methyl sites for hydroxylation is 1. The van der Waals surface area contributed by atoms with E-state index in [0.717, 1.165) is 5.56 Å². The van der Waals surface area contributed by atoms with Gasteiger partial charge in [-0.1, -0.05) is 11.6 Å². The second-order valence-electron chi connectivity index (χ2n) is 3.88. The van der Waals surface area contributed by atoms with Crippen molar-refractivity contribution in [2.24, 2.45) is 0 Å². The number of aromatic carboxylic acids is 1. The summed E-state index contributed by atoms with van der Waals surface area (Å²) in [6, 6.07) is 4.81. The van der Waals surface area contributed by atoms with E-state index in [4.69, 9.17) is 9.84 Å². The van der Waals surface area contributed by atoms with Crippen molar-refractivity contribution >= 4 is 11.9 Å². The molecule has 5 heteroatoms. The predicted molar refractivity (Wildman–Crippen MR) is 62.3 cm³/mol. The van der Waals surface area contributed by atoms with Crippen LogP contribution in [0, 0.1) is 6.92 Å². The van der Waals surface area contributed by atoms with Crippen LogP contribution in [-0.4, -0.2) is 42.6 Å². The molecule has 0 unspecified atom stereocenters. The summed E-state index contributed by atoms with van der Waals surface area (Å²) in [5.41, 5.74) is 0.894. The maximum Gasteiger partial charge on any atom is 0.339 e. The number of carbonyl (C=O) groups excluding carboxylic acids is 1. The SMILES string of the molecule is Cc1ccc(OCC(=O)N(C)C)c(C(=O)O)c1. The standard InChI is InChI=1S/C12H15NO4/c1-8-4-5-10(9(6-8)12(15)16)17-7-11(14)13(2)3/h4-6H,7H2,1-3H3,(H,15,16). The van der Waals surface area contributed by atoms with Crippen molar-refractivity contribution in [2.75, 3.05) is 20.7 Å². The van der Waals surface area contributed by atoms with Crippen LogP contribution in [0.15, 0.2) is 18.2 Å². The number of ether oxygens (including phenoxy) is 1. The van der Waals surface area contributed by atoms with E-state index in [1.165, 1.54) is 11.0 Å². The lowest BCUT2D eigenvalue weighted by molar-refractivity contribution is -0.130. The third-order valence-corrected chi connectivity index (χ3v) is 2.22. The van der Waals surface area contributed by atoms with E-state index < -0.39 is 5.97 Å². The second-order valence-corrected chi connectivity index (χ2v) is 3.88. The summed E-state index contributed by atoms with van der Waals surface area (Å²) in [4.78, 5) is 23.7.